The largest absolute Gasteiger partial charge is 0.444 e. The molecule has 0 bridgehead atoms. The standard InChI is InChI=1S/C20H41N5O2.HI/c1-8-20(9-2,24-18(26)27-19(4,5)6)15-23-17(21-10-3)22-13-16-11-12-25(7)14-16;/h16H,8-15H2,1-7H3,(H,24,26)(H2,21,22,23);1H. The lowest BCUT2D eigenvalue weighted by molar-refractivity contribution is 0.0452. The molecule has 1 heterocycles. The molecule has 1 saturated heterocycles. The molecule has 7 nitrogen and oxygen atoms in total. The molecule has 1 rings (SSSR count). The van der Waals surface area contributed by atoms with Crippen LogP contribution in [0.2, 0.25) is 0 Å². The van der Waals surface area contributed by atoms with E-state index in [0.717, 1.165) is 45.0 Å². The number of hydrogen-bond donors (Lipinski definition) is 3. The SMILES string of the molecule is CCNC(=NCC(CC)(CC)NC(=O)OC(C)(C)C)NCC1CCN(C)C1.I. The van der Waals surface area contributed by atoms with Gasteiger partial charge in [0, 0.05) is 19.6 Å². The van der Waals surface area contributed by atoms with E-state index in [-0.39, 0.29) is 30.1 Å². The maximum Gasteiger partial charge on any atom is 0.408 e. The van der Waals surface area contributed by atoms with E-state index < -0.39 is 11.1 Å². The van der Waals surface area contributed by atoms with E-state index in [1.165, 1.54) is 6.42 Å². The van der Waals surface area contributed by atoms with E-state index in [2.05, 4.69) is 48.7 Å². The average molecular weight is 511 g/mol. The van der Waals surface area contributed by atoms with Gasteiger partial charge in [0.25, 0.3) is 0 Å². The number of ether oxygens (including phenoxy) is 1. The third-order valence-corrected chi connectivity index (χ3v) is 5.05. The van der Waals surface area contributed by atoms with Gasteiger partial charge < -0.3 is 25.6 Å². The highest BCUT2D eigenvalue weighted by molar-refractivity contribution is 14.0. The molecule has 1 aliphatic heterocycles. The van der Waals surface area contributed by atoms with Crippen LogP contribution in [0.4, 0.5) is 4.79 Å². The van der Waals surface area contributed by atoms with Crippen molar-refractivity contribution in [1.82, 2.24) is 20.9 Å². The highest BCUT2D eigenvalue weighted by Gasteiger charge is 2.30. The van der Waals surface area contributed by atoms with E-state index in [1.54, 1.807) is 0 Å². The normalized spacial score (nSPS) is 18.4. The molecule has 1 aliphatic rings. The van der Waals surface area contributed by atoms with Crippen molar-refractivity contribution in [3.8, 4) is 0 Å². The Morgan fingerprint density at radius 2 is 1.82 bits per heavy atom. The number of alkyl carbamates (subject to hydrolysis) is 1. The topological polar surface area (TPSA) is 78.0 Å². The third-order valence-electron chi connectivity index (χ3n) is 5.05. The summed E-state index contributed by atoms with van der Waals surface area (Å²) >= 11 is 0. The zero-order valence-electron chi connectivity index (χ0n) is 18.9. The molecule has 1 amide bonds. The molecule has 0 radical (unpaired) electrons. The fraction of sp³-hybridized carbons (Fsp3) is 0.900. The summed E-state index contributed by atoms with van der Waals surface area (Å²) in [4.78, 5) is 19.4. The molecule has 8 heteroatoms. The smallest absolute Gasteiger partial charge is 0.408 e. The molecule has 0 aromatic rings. The zero-order valence-corrected chi connectivity index (χ0v) is 21.2. The summed E-state index contributed by atoms with van der Waals surface area (Å²) in [6.07, 6.45) is 2.42. The molecule has 0 aromatic heterocycles. The van der Waals surface area contributed by atoms with Crippen LogP contribution in [0.3, 0.4) is 0 Å². The molecule has 1 fully saturated rings. The average Bonchev–Trinajstić information content (AvgIpc) is 3.00. The molecule has 1 unspecified atom stereocenters. The molecule has 166 valence electrons. The Morgan fingerprint density at radius 1 is 1.18 bits per heavy atom. The van der Waals surface area contributed by atoms with Gasteiger partial charge >= 0.3 is 6.09 Å². The monoisotopic (exact) mass is 511 g/mol. The first-order valence-corrected chi connectivity index (χ1v) is 10.3. The zero-order chi connectivity index (χ0) is 20.5. The number of halogens is 1. The molecule has 0 saturated carbocycles. The van der Waals surface area contributed by atoms with Gasteiger partial charge in [-0.1, -0.05) is 13.8 Å². The van der Waals surface area contributed by atoms with Crippen molar-refractivity contribution in [1.29, 1.82) is 0 Å². The van der Waals surface area contributed by atoms with Gasteiger partial charge in [-0.05, 0) is 66.5 Å². The summed E-state index contributed by atoms with van der Waals surface area (Å²) in [5.41, 5.74) is -0.913. The van der Waals surface area contributed by atoms with E-state index in [4.69, 9.17) is 9.73 Å². The highest BCUT2D eigenvalue weighted by Crippen LogP contribution is 2.18. The van der Waals surface area contributed by atoms with Gasteiger partial charge in [-0.3, -0.25) is 4.99 Å². The summed E-state index contributed by atoms with van der Waals surface area (Å²) < 4.78 is 5.44. The van der Waals surface area contributed by atoms with E-state index in [0.29, 0.717) is 12.5 Å². The number of rotatable bonds is 8. The van der Waals surface area contributed by atoms with Crippen LogP contribution in [-0.4, -0.2) is 67.9 Å². The summed E-state index contributed by atoms with van der Waals surface area (Å²) in [7, 11) is 2.17. The van der Waals surface area contributed by atoms with Crippen LogP contribution in [0, 0.1) is 5.92 Å². The van der Waals surface area contributed by atoms with Crippen LogP contribution in [0.15, 0.2) is 4.99 Å². The molecule has 3 N–H and O–H groups in total. The van der Waals surface area contributed by atoms with E-state index in [9.17, 15) is 4.79 Å². The molecule has 1 atom stereocenters. The van der Waals surface area contributed by atoms with Crippen LogP contribution >= 0.6 is 24.0 Å². The Hall–Kier alpha value is -0.770. The summed E-state index contributed by atoms with van der Waals surface area (Å²) in [6.45, 7) is 16.4. The number of nitrogens with one attached hydrogen (secondary N) is 3. The van der Waals surface area contributed by atoms with Crippen molar-refractivity contribution in [2.75, 3.05) is 39.8 Å². The Kier molecular flexibility index (Phi) is 12.4. The van der Waals surface area contributed by atoms with Crippen LogP contribution in [0.5, 0.6) is 0 Å². The number of aliphatic imine (C=N–C) groups is 1. The number of hydrogen-bond acceptors (Lipinski definition) is 4. The van der Waals surface area contributed by atoms with Gasteiger partial charge in [-0.2, -0.15) is 0 Å². The minimum Gasteiger partial charge on any atom is -0.444 e. The van der Waals surface area contributed by atoms with Crippen LogP contribution in [0.1, 0.15) is 60.8 Å². The maximum absolute atomic E-state index is 12.3. The molecule has 0 aliphatic carbocycles. The third kappa shape index (κ3) is 10.1. The second kappa shape index (κ2) is 12.7. The van der Waals surface area contributed by atoms with Gasteiger partial charge in [0.1, 0.15) is 5.60 Å². The van der Waals surface area contributed by atoms with Crippen LogP contribution < -0.4 is 16.0 Å². The first-order chi connectivity index (χ1) is 12.6. The second-order valence-electron chi connectivity index (χ2n) is 8.61. The van der Waals surface area contributed by atoms with Crippen molar-refractivity contribution >= 4 is 36.0 Å². The van der Waals surface area contributed by atoms with Crippen molar-refractivity contribution in [3.63, 3.8) is 0 Å². The first-order valence-electron chi connectivity index (χ1n) is 10.3. The number of nitrogens with zero attached hydrogens (tertiary/aromatic N) is 2. The molecule has 0 aromatic carbocycles. The number of likely N-dealkylation sites (tertiary alicyclic amines) is 1. The minimum atomic E-state index is -0.508. The van der Waals surface area contributed by atoms with E-state index >= 15 is 0 Å². The predicted molar refractivity (Wildman–Crippen MR) is 128 cm³/mol. The Morgan fingerprint density at radius 3 is 2.29 bits per heavy atom. The van der Waals surface area contributed by atoms with Gasteiger partial charge in [0.05, 0.1) is 12.1 Å². The lowest BCUT2D eigenvalue weighted by atomic mass is 9.93. The van der Waals surface area contributed by atoms with E-state index in [1.807, 2.05) is 20.8 Å². The molecule has 28 heavy (non-hydrogen) atoms. The lowest BCUT2D eigenvalue weighted by Crippen LogP contribution is -2.52. The number of amides is 1. The number of carbonyl (C=O) groups excluding carboxylic acids is 1. The molecular formula is C20H42IN5O2. The first kappa shape index (κ1) is 27.2. The Balaban J connectivity index is 0.00000729. The van der Waals surface area contributed by atoms with Gasteiger partial charge in [-0.25, -0.2) is 4.79 Å². The van der Waals surface area contributed by atoms with Crippen molar-refractivity contribution < 1.29 is 9.53 Å². The van der Waals surface area contributed by atoms with Crippen molar-refractivity contribution in [2.45, 2.75) is 71.9 Å². The van der Waals surface area contributed by atoms with Crippen LogP contribution in [-0.2, 0) is 4.74 Å². The predicted octanol–water partition coefficient (Wildman–Crippen LogP) is 3.19. The van der Waals surface area contributed by atoms with Gasteiger partial charge in [-0.15, -0.1) is 24.0 Å². The van der Waals surface area contributed by atoms with Gasteiger partial charge in [0.2, 0.25) is 0 Å². The molecule has 0 spiro atoms. The van der Waals surface area contributed by atoms with Crippen LogP contribution in [0.25, 0.3) is 0 Å². The van der Waals surface area contributed by atoms with Crippen molar-refractivity contribution in [3.05, 3.63) is 0 Å². The summed E-state index contributed by atoms with van der Waals surface area (Å²) in [6, 6.07) is 0. The molecular weight excluding hydrogens is 469 g/mol. The number of guanidine groups is 1. The minimum absolute atomic E-state index is 0. The highest BCUT2D eigenvalue weighted by atomic mass is 127. The lowest BCUT2D eigenvalue weighted by Gasteiger charge is -2.32. The Bertz CT molecular complexity index is 489. The van der Waals surface area contributed by atoms with Gasteiger partial charge in [0.15, 0.2) is 5.96 Å². The fourth-order valence-electron chi connectivity index (χ4n) is 3.22. The quantitative estimate of drug-likeness (QED) is 0.265. The summed E-state index contributed by atoms with van der Waals surface area (Å²) in [5.74, 6) is 1.46. The van der Waals surface area contributed by atoms with Crippen molar-refractivity contribution in [2.24, 2.45) is 10.9 Å². The summed E-state index contributed by atoms with van der Waals surface area (Å²) in [5, 5.41) is 9.83. The fourth-order valence-corrected chi connectivity index (χ4v) is 3.22. The Labute approximate surface area is 188 Å². The number of carbonyl (C=O) groups is 1. The maximum atomic E-state index is 12.3. The second-order valence-corrected chi connectivity index (χ2v) is 8.61.